The van der Waals surface area contributed by atoms with Crippen LogP contribution >= 0.6 is 0 Å². The number of nitrogens with zero attached hydrogens (tertiary/aromatic N) is 2. The van der Waals surface area contributed by atoms with Crippen molar-refractivity contribution >= 4 is 10.9 Å². The average Bonchev–Trinajstić information content (AvgIpc) is 2.04. The summed E-state index contributed by atoms with van der Waals surface area (Å²) >= 11 is 0. The van der Waals surface area contributed by atoms with Crippen molar-refractivity contribution in [1.29, 1.82) is 0 Å². The van der Waals surface area contributed by atoms with Gasteiger partial charge in [-0.25, -0.2) is 9.97 Å². The molecule has 0 unspecified atom stereocenters. The molecule has 0 aliphatic heterocycles. The van der Waals surface area contributed by atoms with Crippen molar-refractivity contribution in [2.45, 2.75) is 13.8 Å². The van der Waals surface area contributed by atoms with Crippen molar-refractivity contribution in [2.24, 2.45) is 0 Å². The number of hydrogen-bond donors (Lipinski definition) is 0. The van der Waals surface area contributed by atoms with Gasteiger partial charge < -0.3 is 0 Å². The van der Waals surface area contributed by atoms with Gasteiger partial charge in [-0.15, -0.1) is 0 Å². The van der Waals surface area contributed by atoms with E-state index in [0.29, 0.717) is 0 Å². The minimum atomic E-state index is 1.05. The zero-order chi connectivity index (χ0) is 8.55. The van der Waals surface area contributed by atoms with Crippen LogP contribution in [0, 0.1) is 13.8 Å². The molecule has 0 N–H and O–H groups in total. The molecule has 0 bridgehead atoms. The zero-order valence-electron chi connectivity index (χ0n) is 7.20. The van der Waals surface area contributed by atoms with Crippen molar-refractivity contribution in [1.82, 2.24) is 9.97 Å². The summed E-state index contributed by atoms with van der Waals surface area (Å²) in [6, 6.07) is 4.23. The van der Waals surface area contributed by atoms with Crippen LogP contribution in [0.1, 0.15) is 11.1 Å². The highest BCUT2D eigenvalue weighted by atomic mass is 14.8. The molecule has 1 aromatic carbocycles. The molecule has 0 saturated carbocycles. The Morgan fingerprint density at radius 2 is 2.00 bits per heavy atom. The monoisotopic (exact) mass is 158 g/mol. The van der Waals surface area contributed by atoms with Crippen LogP contribution in [0.3, 0.4) is 0 Å². The van der Waals surface area contributed by atoms with Gasteiger partial charge in [-0.05, 0) is 25.5 Å². The fourth-order valence-corrected chi connectivity index (χ4v) is 1.47. The molecular weight excluding hydrogens is 148 g/mol. The topological polar surface area (TPSA) is 25.8 Å². The first-order valence-electron chi connectivity index (χ1n) is 3.94. The minimum absolute atomic E-state index is 1.05. The van der Waals surface area contributed by atoms with Crippen LogP contribution in [0.15, 0.2) is 24.7 Å². The summed E-state index contributed by atoms with van der Waals surface area (Å²) in [4.78, 5) is 8.19. The Labute approximate surface area is 71.3 Å². The molecule has 2 nitrogen and oxygen atoms in total. The van der Waals surface area contributed by atoms with Crippen LogP contribution in [-0.4, -0.2) is 9.97 Å². The predicted octanol–water partition coefficient (Wildman–Crippen LogP) is 2.25. The summed E-state index contributed by atoms with van der Waals surface area (Å²) < 4.78 is 0. The summed E-state index contributed by atoms with van der Waals surface area (Å²) in [5, 5.41) is 1.12. The molecule has 0 aliphatic rings. The summed E-state index contributed by atoms with van der Waals surface area (Å²) in [5.41, 5.74) is 3.53. The Hall–Kier alpha value is -1.44. The lowest BCUT2D eigenvalue weighted by molar-refractivity contribution is 1.21. The lowest BCUT2D eigenvalue weighted by Crippen LogP contribution is -1.85. The fourth-order valence-electron chi connectivity index (χ4n) is 1.47. The average molecular weight is 158 g/mol. The second-order valence-corrected chi connectivity index (χ2v) is 3.04. The van der Waals surface area contributed by atoms with Gasteiger partial charge >= 0.3 is 0 Å². The molecule has 0 amide bonds. The standard InChI is InChI=1S/C10H10N2/c1-7-3-8(2)10-9(4-7)5-11-6-12-10/h3-6H,1-2H3. The second-order valence-electron chi connectivity index (χ2n) is 3.04. The van der Waals surface area contributed by atoms with Crippen LogP contribution in [0.5, 0.6) is 0 Å². The maximum atomic E-state index is 4.21. The number of rotatable bonds is 0. The molecule has 2 heteroatoms. The summed E-state index contributed by atoms with van der Waals surface area (Å²) in [5.74, 6) is 0. The highest BCUT2D eigenvalue weighted by Gasteiger charge is 1.98. The molecule has 0 radical (unpaired) electrons. The van der Waals surface area contributed by atoms with Crippen LogP contribution in [0.25, 0.3) is 10.9 Å². The van der Waals surface area contributed by atoms with E-state index in [2.05, 4.69) is 35.9 Å². The van der Waals surface area contributed by atoms with E-state index < -0.39 is 0 Å². The van der Waals surface area contributed by atoms with Crippen molar-refractivity contribution in [3.8, 4) is 0 Å². The van der Waals surface area contributed by atoms with Gasteiger partial charge in [0.05, 0.1) is 5.52 Å². The molecule has 2 aromatic rings. The molecular formula is C10H10N2. The highest BCUT2D eigenvalue weighted by Crippen LogP contribution is 2.16. The van der Waals surface area contributed by atoms with Gasteiger partial charge in [-0.2, -0.15) is 0 Å². The molecule has 2 rings (SSSR count). The Bertz CT molecular complexity index is 421. The molecule has 0 fully saturated rings. The third kappa shape index (κ3) is 1.05. The van der Waals surface area contributed by atoms with E-state index in [4.69, 9.17) is 0 Å². The van der Waals surface area contributed by atoms with Gasteiger partial charge in [0, 0.05) is 11.6 Å². The van der Waals surface area contributed by atoms with Crippen molar-refractivity contribution < 1.29 is 0 Å². The maximum absolute atomic E-state index is 4.21. The molecule has 0 spiro atoms. The summed E-state index contributed by atoms with van der Waals surface area (Å²) in [6.45, 7) is 4.15. The molecule has 1 heterocycles. The zero-order valence-corrected chi connectivity index (χ0v) is 7.20. The normalized spacial score (nSPS) is 10.5. The lowest BCUT2D eigenvalue weighted by atomic mass is 10.1. The minimum Gasteiger partial charge on any atom is -0.244 e. The molecule has 0 saturated heterocycles. The Kier molecular flexibility index (Phi) is 1.54. The van der Waals surface area contributed by atoms with E-state index in [1.807, 2.05) is 6.20 Å². The van der Waals surface area contributed by atoms with E-state index in [1.54, 1.807) is 6.33 Å². The van der Waals surface area contributed by atoms with E-state index in [0.717, 1.165) is 10.9 Å². The van der Waals surface area contributed by atoms with Crippen molar-refractivity contribution in [3.63, 3.8) is 0 Å². The van der Waals surface area contributed by atoms with Gasteiger partial charge in [0.25, 0.3) is 0 Å². The Balaban J connectivity index is 2.89. The Morgan fingerprint density at radius 1 is 1.17 bits per heavy atom. The van der Waals surface area contributed by atoms with E-state index in [-0.39, 0.29) is 0 Å². The van der Waals surface area contributed by atoms with Crippen molar-refractivity contribution in [3.05, 3.63) is 35.8 Å². The first-order chi connectivity index (χ1) is 5.77. The second kappa shape index (κ2) is 2.55. The number of hydrogen-bond acceptors (Lipinski definition) is 2. The van der Waals surface area contributed by atoms with E-state index >= 15 is 0 Å². The van der Waals surface area contributed by atoms with E-state index in [1.165, 1.54) is 11.1 Å². The predicted molar refractivity (Wildman–Crippen MR) is 49.0 cm³/mol. The lowest BCUT2D eigenvalue weighted by Gasteiger charge is -2.01. The SMILES string of the molecule is Cc1cc(C)c2ncncc2c1. The van der Waals surface area contributed by atoms with Crippen molar-refractivity contribution in [2.75, 3.05) is 0 Å². The van der Waals surface area contributed by atoms with Gasteiger partial charge in [-0.1, -0.05) is 11.6 Å². The number of aryl methyl sites for hydroxylation is 2. The van der Waals surface area contributed by atoms with Crippen LogP contribution in [0.2, 0.25) is 0 Å². The first kappa shape index (κ1) is 7.22. The fraction of sp³-hybridized carbons (Fsp3) is 0.200. The van der Waals surface area contributed by atoms with Gasteiger partial charge in [0.2, 0.25) is 0 Å². The van der Waals surface area contributed by atoms with Gasteiger partial charge in [-0.3, -0.25) is 0 Å². The molecule has 12 heavy (non-hydrogen) atoms. The highest BCUT2D eigenvalue weighted by molar-refractivity contribution is 5.81. The number of benzene rings is 1. The van der Waals surface area contributed by atoms with Crippen LogP contribution in [-0.2, 0) is 0 Å². The third-order valence-corrected chi connectivity index (χ3v) is 1.94. The number of aromatic nitrogens is 2. The van der Waals surface area contributed by atoms with E-state index in [9.17, 15) is 0 Å². The molecule has 1 aromatic heterocycles. The largest absolute Gasteiger partial charge is 0.244 e. The molecule has 60 valence electrons. The summed E-state index contributed by atoms with van der Waals surface area (Å²) in [7, 11) is 0. The maximum Gasteiger partial charge on any atom is 0.116 e. The van der Waals surface area contributed by atoms with Gasteiger partial charge in [0.15, 0.2) is 0 Å². The Morgan fingerprint density at radius 3 is 2.83 bits per heavy atom. The molecule has 0 atom stereocenters. The number of fused-ring (bicyclic) bond motifs is 1. The van der Waals surface area contributed by atoms with Crippen LogP contribution < -0.4 is 0 Å². The quantitative estimate of drug-likeness (QED) is 0.587. The third-order valence-electron chi connectivity index (χ3n) is 1.94. The van der Waals surface area contributed by atoms with Gasteiger partial charge in [0.1, 0.15) is 6.33 Å². The molecule has 0 aliphatic carbocycles. The summed E-state index contributed by atoms with van der Waals surface area (Å²) in [6.07, 6.45) is 3.44. The van der Waals surface area contributed by atoms with Crippen LogP contribution in [0.4, 0.5) is 0 Å². The first-order valence-corrected chi connectivity index (χ1v) is 3.94. The smallest absolute Gasteiger partial charge is 0.116 e.